The van der Waals surface area contributed by atoms with Gasteiger partial charge in [0.2, 0.25) is 15.9 Å². The Morgan fingerprint density at radius 2 is 1.52 bits per heavy atom. The van der Waals surface area contributed by atoms with Crippen LogP contribution in [0.3, 0.4) is 0 Å². The summed E-state index contributed by atoms with van der Waals surface area (Å²) in [7, 11) is -3.72. The Bertz CT molecular complexity index is 966. The van der Waals surface area contributed by atoms with Gasteiger partial charge in [-0.15, -0.1) is 0 Å². The van der Waals surface area contributed by atoms with Gasteiger partial charge in [0.05, 0.1) is 4.90 Å². The van der Waals surface area contributed by atoms with E-state index in [0.717, 1.165) is 10.0 Å². The van der Waals surface area contributed by atoms with Crippen LogP contribution in [0.1, 0.15) is 43.1 Å². The number of carbonyl (C=O) groups excluding carboxylic acids is 2. The van der Waals surface area contributed by atoms with Crippen LogP contribution in [-0.2, 0) is 20.2 Å². The van der Waals surface area contributed by atoms with Crippen LogP contribution in [0, 0.1) is 0 Å². The molecule has 0 saturated carbocycles. The molecule has 156 valence electrons. The van der Waals surface area contributed by atoms with Crippen molar-refractivity contribution in [2.75, 3.05) is 6.54 Å². The number of sulfonamides is 1. The minimum absolute atomic E-state index is 0.0749. The smallest absolute Gasteiger partial charge is 0.269 e. The van der Waals surface area contributed by atoms with Crippen LogP contribution < -0.4 is 15.6 Å². The van der Waals surface area contributed by atoms with E-state index in [4.69, 9.17) is 0 Å². The lowest BCUT2D eigenvalue weighted by molar-refractivity contribution is -0.121. The minimum Gasteiger partial charge on any atom is -0.273 e. The molecule has 7 nitrogen and oxygen atoms in total. The Hall–Kier alpha value is -2.23. The fourth-order valence-corrected chi connectivity index (χ4v) is 3.67. The molecule has 0 saturated heterocycles. The first-order valence-electron chi connectivity index (χ1n) is 8.94. The summed E-state index contributed by atoms with van der Waals surface area (Å²) in [5.41, 5.74) is 5.88. The second kappa shape index (κ2) is 9.51. The van der Waals surface area contributed by atoms with Crippen molar-refractivity contribution in [3.63, 3.8) is 0 Å². The zero-order valence-corrected chi connectivity index (χ0v) is 18.9. The summed E-state index contributed by atoms with van der Waals surface area (Å²) in [5, 5.41) is 0. The zero-order chi connectivity index (χ0) is 21.7. The van der Waals surface area contributed by atoms with Crippen molar-refractivity contribution in [1.29, 1.82) is 0 Å². The molecule has 2 aromatic rings. The van der Waals surface area contributed by atoms with Crippen LogP contribution in [0.4, 0.5) is 0 Å². The first kappa shape index (κ1) is 23.1. The monoisotopic (exact) mass is 481 g/mol. The number of benzene rings is 2. The van der Waals surface area contributed by atoms with E-state index in [1.807, 2.05) is 20.8 Å². The Balaban J connectivity index is 1.81. The number of halogens is 1. The molecule has 0 unspecified atom stereocenters. The largest absolute Gasteiger partial charge is 0.273 e. The van der Waals surface area contributed by atoms with E-state index in [1.54, 1.807) is 48.5 Å². The lowest BCUT2D eigenvalue weighted by Crippen LogP contribution is -2.42. The molecule has 3 N–H and O–H groups in total. The van der Waals surface area contributed by atoms with Crippen molar-refractivity contribution in [3.05, 3.63) is 64.1 Å². The lowest BCUT2D eigenvalue weighted by Gasteiger charge is -2.19. The molecule has 0 radical (unpaired) electrons. The average molecular weight is 482 g/mol. The molecule has 0 aliphatic carbocycles. The van der Waals surface area contributed by atoms with Gasteiger partial charge < -0.3 is 0 Å². The van der Waals surface area contributed by atoms with Gasteiger partial charge in [-0.2, -0.15) is 0 Å². The van der Waals surface area contributed by atoms with Gasteiger partial charge >= 0.3 is 0 Å². The van der Waals surface area contributed by atoms with Gasteiger partial charge in [0.1, 0.15) is 0 Å². The van der Waals surface area contributed by atoms with Crippen molar-refractivity contribution >= 4 is 37.8 Å². The number of carbonyl (C=O) groups is 2. The molecule has 0 aliphatic rings. The molecular weight excluding hydrogens is 458 g/mol. The first-order valence-corrected chi connectivity index (χ1v) is 11.2. The first-order chi connectivity index (χ1) is 13.5. The zero-order valence-electron chi connectivity index (χ0n) is 16.5. The summed E-state index contributed by atoms with van der Waals surface area (Å²) >= 11 is 3.27. The molecule has 9 heteroatoms. The Morgan fingerprint density at radius 1 is 0.931 bits per heavy atom. The molecule has 0 aliphatic heterocycles. The predicted molar refractivity (Wildman–Crippen MR) is 115 cm³/mol. The number of nitrogens with one attached hydrogen (secondary N) is 3. The maximum atomic E-state index is 12.3. The van der Waals surface area contributed by atoms with E-state index in [0.29, 0.717) is 5.56 Å². The van der Waals surface area contributed by atoms with Gasteiger partial charge in [0.15, 0.2) is 0 Å². The quantitative estimate of drug-likeness (QED) is 0.551. The third kappa shape index (κ3) is 6.95. The number of hydrazine groups is 1. The van der Waals surface area contributed by atoms with Gasteiger partial charge in [-0.1, -0.05) is 48.8 Å². The van der Waals surface area contributed by atoms with Crippen LogP contribution >= 0.6 is 15.9 Å². The van der Waals surface area contributed by atoms with Gasteiger partial charge in [0, 0.05) is 23.0 Å². The molecular formula is C20H24BrN3O4S. The topological polar surface area (TPSA) is 104 Å². The fourth-order valence-electron chi connectivity index (χ4n) is 2.38. The summed E-state index contributed by atoms with van der Waals surface area (Å²) in [6.07, 6.45) is -0.125. The highest BCUT2D eigenvalue weighted by Gasteiger charge is 2.17. The predicted octanol–water partition coefficient (Wildman–Crippen LogP) is 2.88. The third-order valence-electron chi connectivity index (χ3n) is 4.10. The summed E-state index contributed by atoms with van der Waals surface area (Å²) in [4.78, 5) is 23.9. The van der Waals surface area contributed by atoms with Crippen molar-refractivity contribution in [2.24, 2.45) is 0 Å². The minimum atomic E-state index is -3.72. The second-order valence-electron chi connectivity index (χ2n) is 7.43. The maximum Gasteiger partial charge on any atom is 0.269 e. The maximum absolute atomic E-state index is 12.3. The molecule has 2 aromatic carbocycles. The molecule has 2 rings (SSSR count). The summed E-state index contributed by atoms with van der Waals surface area (Å²) in [6.45, 7) is 6.04. The number of rotatable bonds is 6. The number of amides is 2. The van der Waals surface area contributed by atoms with Gasteiger partial charge in [-0.3, -0.25) is 20.4 Å². The summed E-state index contributed by atoms with van der Waals surface area (Å²) < 4.78 is 27.9. The number of hydrogen-bond acceptors (Lipinski definition) is 4. The lowest BCUT2D eigenvalue weighted by atomic mass is 9.87. The Kier molecular flexibility index (Phi) is 7.56. The second-order valence-corrected chi connectivity index (χ2v) is 10.1. The van der Waals surface area contributed by atoms with E-state index in [2.05, 4.69) is 31.5 Å². The van der Waals surface area contributed by atoms with Crippen LogP contribution in [-0.4, -0.2) is 26.8 Å². The molecule has 2 amide bonds. The fraction of sp³-hybridized carbons (Fsp3) is 0.300. The highest BCUT2D eigenvalue weighted by Crippen LogP contribution is 2.23. The van der Waals surface area contributed by atoms with E-state index in [9.17, 15) is 18.0 Å². The highest BCUT2D eigenvalue weighted by molar-refractivity contribution is 9.10. The Labute approximate surface area is 179 Å². The van der Waals surface area contributed by atoms with Crippen LogP contribution in [0.25, 0.3) is 0 Å². The highest BCUT2D eigenvalue weighted by atomic mass is 79.9. The van der Waals surface area contributed by atoms with Crippen LogP contribution in [0.15, 0.2) is 57.9 Å². The standard InChI is InChI=1S/C20H24BrN3O4S/c1-20(2,3)15-6-10-17(11-7-15)29(27,28)22-13-12-18(25)23-24-19(26)14-4-8-16(21)9-5-14/h4-11,22H,12-13H2,1-3H3,(H,23,25)(H,24,26). The van der Waals surface area contributed by atoms with E-state index in [-0.39, 0.29) is 23.3 Å². The van der Waals surface area contributed by atoms with Gasteiger partial charge in [-0.05, 0) is 47.4 Å². The van der Waals surface area contributed by atoms with Crippen molar-refractivity contribution in [3.8, 4) is 0 Å². The summed E-state index contributed by atoms with van der Waals surface area (Å²) in [5.74, 6) is -0.980. The molecule has 0 heterocycles. The third-order valence-corrected chi connectivity index (χ3v) is 6.10. The molecule has 0 bridgehead atoms. The van der Waals surface area contributed by atoms with Gasteiger partial charge in [0.25, 0.3) is 5.91 Å². The Morgan fingerprint density at radius 3 is 2.07 bits per heavy atom. The molecule has 0 spiro atoms. The average Bonchev–Trinajstić information content (AvgIpc) is 2.66. The van der Waals surface area contributed by atoms with E-state index < -0.39 is 21.8 Å². The molecule has 0 atom stereocenters. The number of hydrogen-bond donors (Lipinski definition) is 3. The van der Waals surface area contributed by atoms with Gasteiger partial charge in [-0.25, -0.2) is 13.1 Å². The van der Waals surface area contributed by atoms with Crippen LogP contribution in [0.2, 0.25) is 0 Å². The molecule has 29 heavy (non-hydrogen) atoms. The van der Waals surface area contributed by atoms with E-state index >= 15 is 0 Å². The molecule has 0 aromatic heterocycles. The van der Waals surface area contributed by atoms with Crippen LogP contribution in [0.5, 0.6) is 0 Å². The normalized spacial score (nSPS) is 11.7. The van der Waals surface area contributed by atoms with Crippen molar-refractivity contribution < 1.29 is 18.0 Å². The van der Waals surface area contributed by atoms with Crippen molar-refractivity contribution in [2.45, 2.75) is 37.5 Å². The SMILES string of the molecule is CC(C)(C)c1ccc(S(=O)(=O)NCCC(=O)NNC(=O)c2ccc(Br)cc2)cc1. The summed E-state index contributed by atoms with van der Waals surface area (Å²) in [6, 6.07) is 13.3. The van der Waals surface area contributed by atoms with Crippen molar-refractivity contribution in [1.82, 2.24) is 15.6 Å². The molecule has 0 fully saturated rings. The van der Waals surface area contributed by atoms with E-state index in [1.165, 1.54) is 0 Å².